The van der Waals surface area contributed by atoms with E-state index in [4.69, 9.17) is 25.8 Å². The number of hydrogen-bond acceptors (Lipinski definition) is 5. The summed E-state index contributed by atoms with van der Waals surface area (Å²) < 4.78 is 17.5. The number of benzene rings is 2. The zero-order valence-electron chi connectivity index (χ0n) is 15.7. The maximum absolute atomic E-state index is 12.0. The lowest BCUT2D eigenvalue weighted by molar-refractivity contribution is -0.123. The molecule has 2 rings (SSSR count). The van der Waals surface area contributed by atoms with Crippen LogP contribution in [0.5, 0.6) is 17.2 Å². The van der Waals surface area contributed by atoms with Gasteiger partial charge in [0.1, 0.15) is 5.75 Å². The summed E-state index contributed by atoms with van der Waals surface area (Å²) >= 11 is 13.0. The Bertz CT molecular complexity index is 920. The first kappa shape index (κ1) is 22.5. The molecule has 0 aliphatic carbocycles. The van der Waals surface area contributed by atoms with Crippen molar-refractivity contribution in [2.24, 2.45) is 5.10 Å². The van der Waals surface area contributed by atoms with Gasteiger partial charge in [0.05, 0.1) is 29.4 Å². The van der Waals surface area contributed by atoms with Gasteiger partial charge >= 0.3 is 0 Å². The zero-order chi connectivity index (χ0) is 20.8. The number of aryl methyl sites for hydroxylation is 1. The van der Waals surface area contributed by atoms with Crippen LogP contribution in [0.15, 0.2) is 32.2 Å². The molecule has 0 fully saturated rings. The van der Waals surface area contributed by atoms with Crippen molar-refractivity contribution in [3.63, 3.8) is 0 Å². The normalized spacial score (nSPS) is 10.8. The number of amides is 1. The van der Waals surface area contributed by atoms with Crippen molar-refractivity contribution >= 4 is 55.6 Å². The Hall–Kier alpha value is -1.77. The number of hydrogen-bond donors (Lipinski definition) is 1. The highest BCUT2D eigenvalue weighted by atomic mass is 79.9. The number of nitrogens with one attached hydrogen (secondary N) is 1. The van der Waals surface area contributed by atoms with Crippen LogP contribution in [-0.2, 0) is 4.79 Å². The van der Waals surface area contributed by atoms with E-state index in [0.29, 0.717) is 26.7 Å². The molecule has 0 aliphatic heterocycles. The SMILES string of the molecule is COc1cc(/C=N/NC(=O)COc2cc(C)c(Cl)c(C)c2Br)cc(Br)c1OC. The first-order valence-corrected chi connectivity index (χ1v) is 10.1. The van der Waals surface area contributed by atoms with E-state index < -0.39 is 5.91 Å². The molecule has 1 N–H and O–H groups in total. The van der Waals surface area contributed by atoms with Gasteiger partial charge in [-0.25, -0.2) is 5.43 Å². The Labute approximate surface area is 185 Å². The average molecular weight is 535 g/mol. The summed E-state index contributed by atoms with van der Waals surface area (Å²) in [6, 6.07) is 5.31. The van der Waals surface area contributed by atoms with Crippen molar-refractivity contribution in [2.45, 2.75) is 13.8 Å². The maximum atomic E-state index is 12.0. The van der Waals surface area contributed by atoms with Gasteiger partial charge in [-0.3, -0.25) is 4.79 Å². The quantitative estimate of drug-likeness (QED) is 0.400. The van der Waals surface area contributed by atoms with Crippen LogP contribution in [0.4, 0.5) is 0 Å². The lowest BCUT2D eigenvalue weighted by Crippen LogP contribution is -2.24. The summed E-state index contributed by atoms with van der Waals surface area (Å²) in [5.41, 5.74) is 4.87. The first-order chi connectivity index (χ1) is 13.3. The summed E-state index contributed by atoms with van der Waals surface area (Å²) in [6.07, 6.45) is 1.50. The number of carbonyl (C=O) groups excluding carboxylic acids is 1. The fourth-order valence-electron chi connectivity index (χ4n) is 2.37. The summed E-state index contributed by atoms with van der Waals surface area (Å²) in [5.74, 6) is 1.28. The van der Waals surface area contributed by atoms with Crippen molar-refractivity contribution in [2.75, 3.05) is 20.8 Å². The number of halogens is 3. The number of hydrazone groups is 1. The molecule has 0 unspecified atom stereocenters. The van der Waals surface area contributed by atoms with Crippen molar-refractivity contribution in [3.05, 3.63) is 48.9 Å². The number of methoxy groups -OCH3 is 2. The highest BCUT2D eigenvalue weighted by molar-refractivity contribution is 9.11. The minimum absolute atomic E-state index is 0.188. The Kier molecular flexibility index (Phi) is 8.15. The predicted octanol–water partition coefficient (Wildman–Crippen LogP) is 5.03. The van der Waals surface area contributed by atoms with Crippen LogP contribution in [0.3, 0.4) is 0 Å². The second kappa shape index (κ2) is 10.1. The van der Waals surface area contributed by atoms with Crippen LogP contribution < -0.4 is 19.6 Å². The predicted molar refractivity (Wildman–Crippen MR) is 117 cm³/mol. The molecule has 2 aromatic rings. The summed E-state index contributed by atoms with van der Waals surface area (Å²) in [6.45, 7) is 3.56. The number of ether oxygens (including phenoxy) is 3. The average Bonchev–Trinajstić information content (AvgIpc) is 2.67. The van der Waals surface area contributed by atoms with Gasteiger partial charge < -0.3 is 14.2 Å². The third kappa shape index (κ3) is 5.40. The van der Waals surface area contributed by atoms with Gasteiger partial charge in [0.2, 0.25) is 0 Å². The molecule has 0 aromatic heterocycles. The Morgan fingerprint density at radius 3 is 2.54 bits per heavy atom. The van der Waals surface area contributed by atoms with E-state index >= 15 is 0 Å². The zero-order valence-corrected chi connectivity index (χ0v) is 19.7. The van der Waals surface area contributed by atoms with E-state index in [1.807, 2.05) is 13.8 Å². The second-order valence-electron chi connectivity index (χ2n) is 5.76. The molecule has 1 amide bonds. The lowest BCUT2D eigenvalue weighted by Gasteiger charge is -2.12. The molecule has 0 atom stereocenters. The van der Waals surface area contributed by atoms with Crippen molar-refractivity contribution in [3.8, 4) is 17.2 Å². The molecule has 0 radical (unpaired) electrons. The molecule has 0 saturated carbocycles. The topological polar surface area (TPSA) is 69.2 Å². The van der Waals surface area contributed by atoms with Crippen LogP contribution >= 0.6 is 43.5 Å². The van der Waals surface area contributed by atoms with Crippen LogP contribution in [0.1, 0.15) is 16.7 Å². The largest absolute Gasteiger partial charge is 0.493 e. The summed E-state index contributed by atoms with van der Waals surface area (Å²) in [7, 11) is 3.10. The molecule has 9 heteroatoms. The van der Waals surface area contributed by atoms with Crippen molar-refractivity contribution in [1.82, 2.24) is 5.43 Å². The molecule has 6 nitrogen and oxygen atoms in total. The molecular weight excluding hydrogens is 515 g/mol. The van der Waals surface area contributed by atoms with Crippen LogP contribution in [0.2, 0.25) is 5.02 Å². The molecule has 28 heavy (non-hydrogen) atoms. The third-order valence-corrected chi connectivity index (χ3v) is 5.94. The molecule has 0 aliphatic rings. The molecule has 0 saturated heterocycles. The highest BCUT2D eigenvalue weighted by Crippen LogP contribution is 2.36. The van der Waals surface area contributed by atoms with E-state index in [1.54, 1.807) is 32.4 Å². The van der Waals surface area contributed by atoms with Crippen molar-refractivity contribution in [1.29, 1.82) is 0 Å². The van der Waals surface area contributed by atoms with Crippen LogP contribution in [-0.4, -0.2) is 32.9 Å². The van der Waals surface area contributed by atoms with Crippen LogP contribution in [0, 0.1) is 13.8 Å². The maximum Gasteiger partial charge on any atom is 0.277 e. The Balaban J connectivity index is 1.99. The minimum atomic E-state index is -0.395. The molecule has 2 aromatic carbocycles. The summed E-state index contributed by atoms with van der Waals surface area (Å²) in [5, 5.41) is 4.60. The number of carbonyl (C=O) groups is 1. The van der Waals surface area contributed by atoms with Gasteiger partial charge in [-0.15, -0.1) is 0 Å². The monoisotopic (exact) mass is 532 g/mol. The van der Waals surface area contributed by atoms with E-state index in [2.05, 4.69) is 42.4 Å². The standard InChI is InChI=1S/C19H19Br2ClN2O4/c1-10-5-14(17(21)11(2)18(10)22)28-9-16(25)24-23-8-12-6-13(20)19(27-4)15(7-12)26-3/h5-8H,9H2,1-4H3,(H,24,25)/b23-8+. The Morgan fingerprint density at radius 2 is 1.89 bits per heavy atom. The van der Waals surface area contributed by atoms with E-state index in [0.717, 1.165) is 21.2 Å². The first-order valence-electron chi connectivity index (χ1n) is 8.09. The van der Waals surface area contributed by atoms with Gasteiger partial charge in [0, 0.05) is 5.02 Å². The minimum Gasteiger partial charge on any atom is -0.493 e. The van der Waals surface area contributed by atoms with E-state index in [9.17, 15) is 4.79 Å². The molecule has 150 valence electrons. The van der Waals surface area contributed by atoms with Gasteiger partial charge in [-0.1, -0.05) is 11.6 Å². The third-order valence-electron chi connectivity index (χ3n) is 3.79. The fourth-order valence-corrected chi connectivity index (χ4v) is 3.68. The molecule has 0 heterocycles. The number of rotatable bonds is 7. The van der Waals surface area contributed by atoms with Crippen LogP contribution in [0.25, 0.3) is 0 Å². The van der Waals surface area contributed by atoms with E-state index in [-0.39, 0.29) is 6.61 Å². The second-order valence-corrected chi connectivity index (χ2v) is 7.79. The van der Waals surface area contributed by atoms with Gasteiger partial charge in [0.25, 0.3) is 5.91 Å². The Morgan fingerprint density at radius 1 is 1.18 bits per heavy atom. The lowest BCUT2D eigenvalue weighted by atomic mass is 10.1. The summed E-state index contributed by atoms with van der Waals surface area (Å²) in [4.78, 5) is 12.0. The molecule has 0 spiro atoms. The van der Waals surface area contributed by atoms with E-state index in [1.165, 1.54) is 6.21 Å². The number of nitrogens with zero attached hydrogens (tertiary/aromatic N) is 1. The van der Waals surface area contributed by atoms with Gasteiger partial charge in [0.15, 0.2) is 18.1 Å². The smallest absolute Gasteiger partial charge is 0.277 e. The molecule has 0 bridgehead atoms. The van der Waals surface area contributed by atoms with Gasteiger partial charge in [-0.2, -0.15) is 5.10 Å². The van der Waals surface area contributed by atoms with Crippen molar-refractivity contribution < 1.29 is 19.0 Å². The van der Waals surface area contributed by atoms with Gasteiger partial charge in [-0.05, 0) is 80.6 Å². The fraction of sp³-hybridized carbons (Fsp3) is 0.263. The highest BCUT2D eigenvalue weighted by Gasteiger charge is 2.13. The molecular formula is C19H19Br2ClN2O4.